The summed E-state index contributed by atoms with van der Waals surface area (Å²) in [5.74, 6) is -0.252. The van der Waals surface area contributed by atoms with Crippen LogP contribution >= 0.6 is 11.8 Å². The highest BCUT2D eigenvalue weighted by molar-refractivity contribution is 7.98. The number of nitrogens with two attached hydrogens (primary N) is 1. The topological polar surface area (TPSA) is 92.4 Å². The Labute approximate surface area is 122 Å². The third-order valence-electron chi connectivity index (χ3n) is 2.86. The molecule has 1 amide bonds. The van der Waals surface area contributed by atoms with Crippen molar-refractivity contribution in [1.82, 2.24) is 5.32 Å². The number of carboxylic acid groups (broad SMARTS) is 1. The first kappa shape index (κ1) is 16.5. The number of thioether (sulfide) groups is 1. The van der Waals surface area contributed by atoms with Gasteiger partial charge < -0.3 is 16.2 Å². The van der Waals surface area contributed by atoms with Gasteiger partial charge in [0.05, 0.1) is 11.6 Å². The van der Waals surface area contributed by atoms with Gasteiger partial charge in [-0.2, -0.15) is 11.8 Å². The lowest BCUT2D eigenvalue weighted by molar-refractivity contribution is -0.122. The zero-order valence-electron chi connectivity index (χ0n) is 11.5. The lowest BCUT2D eigenvalue weighted by Gasteiger charge is -2.11. The highest BCUT2D eigenvalue weighted by Crippen LogP contribution is 2.06. The van der Waals surface area contributed by atoms with E-state index in [2.05, 4.69) is 5.32 Å². The molecule has 4 N–H and O–H groups in total. The van der Waals surface area contributed by atoms with Gasteiger partial charge in [-0.05, 0) is 42.5 Å². The molecule has 20 heavy (non-hydrogen) atoms. The lowest BCUT2D eigenvalue weighted by atomic mass is 10.1. The molecular formula is C14H20N2O3S. The third-order valence-corrected chi connectivity index (χ3v) is 3.50. The van der Waals surface area contributed by atoms with Crippen LogP contribution < -0.4 is 11.1 Å². The highest BCUT2D eigenvalue weighted by Gasteiger charge is 2.12. The van der Waals surface area contributed by atoms with E-state index in [4.69, 9.17) is 10.8 Å². The molecule has 0 aromatic heterocycles. The van der Waals surface area contributed by atoms with Crippen molar-refractivity contribution >= 4 is 23.6 Å². The molecule has 0 saturated carbocycles. The second kappa shape index (κ2) is 8.60. The van der Waals surface area contributed by atoms with Gasteiger partial charge in [-0.25, -0.2) is 4.79 Å². The molecule has 0 bridgehead atoms. The molecule has 6 heteroatoms. The number of hydrogen-bond donors (Lipinski definition) is 3. The summed E-state index contributed by atoms with van der Waals surface area (Å²) in [4.78, 5) is 22.5. The van der Waals surface area contributed by atoms with Crippen molar-refractivity contribution in [3.8, 4) is 0 Å². The SMILES string of the molecule is CSCC[C@@H](N)C(=O)NCCc1cccc(C(=O)O)c1. The first-order chi connectivity index (χ1) is 9.54. The van der Waals surface area contributed by atoms with Crippen LogP contribution in [0.15, 0.2) is 24.3 Å². The Balaban J connectivity index is 2.38. The van der Waals surface area contributed by atoms with Crippen molar-refractivity contribution in [3.05, 3.63) is 35.4 Å². The van der Waals surface area contributed by atoms with E-state index in [0.717, 1.165) is 11.3 Å². The largest absolute Gasteiger partial charge is 0.478 e. The Hall–Kier alpha value is -1.53. The van der Waals surface area contributed by atoms with E-state index in [1.54, 1.807) is 30.0 Å². The molecule has 1 aromatic carbocycles. The second-order valence-corrected chi connectivity index (χ2v) is 5.42. The van der Waals surface area contributed by atoms with Gasteiger partial charge in [0.2, 0.25) is 5.91 Å². The Morgan fingerprint density at radius 3 is 2.85 bits per heavy atom. The predicted octanol–water partition coefficient (Wildman–Crippen LogP) is 1.12. The van der Waals surface area contributed by atoms with Gasteiger partial charge >= 0.3 is 5.97 Å². The molecule has 5 nitrogen and oxygen atoms in total. The lowest BCUT2D eigenvalue weighted by Crippen LogP contribution is -2.41. The van der Waals surface area contributed by atoms with Gasteiger partial charge in [0.15, 0.2) is 0 Å². The monoisotopic (exact) mass is 296 g/mol. The molecule has 0 aliphatic carbocycles. The summed E-state index contributed by atoms with van der Waals surface area (Å²) in [5, 5.41) is 11.7. The van der Waals surface area contributed by atoms with Gasteiger partial charge in [-0.1, -0.05) is 12.1 Å². The number of carboxylic acids is 1. The molecule has 0 aliphatic rings. The summed E-state index contributed by atoms with van der Waals surface area (Å²) in [5.41, 5.74) is 6.88. The second-order valence-electron chi connectivity index (χ2n) is 4.43. The molecule has 0 heterocycles. The summed E-state index contributed by atoms with van der Waals surface area (Å²) in [6.07, 6.45) is 3.21. The average Bonchev–Trinajstić information content (AvgIpc) is 2.44. The van der Waals surface area contributed by atoms with Gasteiger partial charge in [0.25, 0.3) is 0 Å². The van der Waals surface area contributed by atoms with E-state index < -0.39 is 12.0 Å². The van der Waals surface area contributed by atoms with Crippen LogP contribution in [0.25, 0.3) is 0 Å². The highest BCUT2D eigenvalue weighted by atomic mass is 32.2. The van der Waals surface area contributed by atoms with E-state index in [9.17, 15) is 9.59 Å². The number of hydrogen-bond acceptors (Lipinski definition) is 4. The fourth-order valence-corrected chi connectivity index (χ4v) is 2.19. The first-order valence-electron chi connectivity index (χ1n) is 6.39. The fraction of sp³-hybridized carbons (Fsp3) is 0.429. The van der Waals surface area contributed by atoms with E-state index in [1.807, 2.05) is 12.3 Å². The number of carbonyl (C=O) groups excluding carboxylic acids is 1. The van der Waals surface area contributed by atoms with Crippen molar-refractivity contribution in [2.45, 2.75) is 18.9 Å². The standard InChI is InChI=1S/C14H20N2O3S/c1-20-8-6-12(15)13(17)16-7-5-10-3-2-4-11(9-10)14(18)19/h2-4,9,12H,5-8,15H2,1H3,(H,16,17)(H,18,19)/t12-/m1/s1. The van der Waals surface area contributed by atoms with E-state index in [1.165, 1.54) is 0 Å². The Bertz CT molecular complexity index is 465. The number of nitrogens with one attached hydrogen (secondary N) is 1. The van der Waals surface area contributed by atoms with Crippen LogP contribution in [0.5, 0.6) is 0 Å². The van der Waals surface area contributed by atoms with Crippen molar-refractivity contribution in [2.75, 3.05) is 18.6 Å². The van der Waals surface area contributed by atoms with Crippen molar-refractivity contribution in [1.29, 1.82) is 0 Å². The van der Waals surface area contributed by atoms with Crippen LogP contribution in [0.3, 0.4) is 0 Å². The van der Waals surface area contributed by atoms with Crippen LogP contribution in [0.4, 0.5) is 0 Å². The van der Waals surface area contributed by atoms with Crippen LogP contribution in [0.2, 0.25) is 0 Å². The third kappa shape index (κ3) is 5.63. The average molecular weight is 296 g/mol. The Morgan fingerprint density at radius 1 is 1.45 bits per heavy atom. The van der Waals surface area contributed by atoms with Gasteiger partial charge in [0.1, 0.15) is 0 Å². The molecule has 0 radical (unpaired) electrons. The zero-order chi connectivity index (χ0) is 15.0. The molecule has 0 spiro atoms. The van der Waals surface area contributed by atoms with Crippen molar-refractivity contribution in [3.63, 3.8) is 0 Å². The molecule has 0 aliphatic heterocycles. The van der Waals surface area contributed by atoms with Gasteiger partial charge in [-0.3, -0.25) is 4.79 Å². The molecule has 1 rings (SSSR count). The normalized spacial score (nSPS) is 11.9. The summed E-state index contributed by atoms with van der Waals surface area (Å²) >= 11 is 1.66. The number of rotatable bonds is 8. The summed E-state index contributed by atoms with van der Waals surface area (Å²) in [6.45, 7) is 0.453. The van der Waals surface area contributed by atoms with Crippen LogP contribution in [0.1, 0.15) is 22.3 Å². The summed E-state index contributed by atoms with van der Waals surface area (Å²) < 4.78 is 0. The molecule has 0 fully saturated rings. The van der Waals surface area contributed by atoms with Crippen molar-refractivity contribution < 1.29 is 14.7 Å². The maximum Gasteiger partial charge on any atom is 0.335 e. The quantitative estimate of drug-likeness (QED) is 0.668. The summed E-state index contributed by atoms with van der Waals surface area (Å²) in [6, 6.07) is 6.22. The number of carbonyl (C=O) groups is 2. The minimum Gasteiger partial charge on any atom is -0.478 e. The molecule has 0 unspecified atom stereocenters. The Kier molecular flexibility index (Phi) is 7.11. The van der Waals surface area contributed by atoms with E-state index >= 15 is 0 Å². The van der Waals surface area contributed by atoms with E-state index in [-0.39, 0.29) is 11.5 Å². The van der Waals surface area contributed by atoms with Gasteiger partial charge in [-0.15, -0.1) is 0 Å². The molecule has 0 saturated heterocycles. The van der Waals surface area contributed by atoms with Crippen LogP contribution in [0, 0.1) is 0 Å². The minimum atomic E-state index is -0.949. The molecular weight excluding hydrogens is 276 g/mol. The predicted molar refractivity (Wildman–Crippen MR) is 81.1 cm³/mol. The van der Waals surface area contributed by atoms with Crippen molar-refractivity contribution in [2.24, 2.45) is 5.73 Å². The number of aromatic carboxylic acids is 1. The molecule has 1 aromatic rings. The fourth-order valence-electron chi connectivity index (χ4n) is 1.70. The first-order valence-corrected chi connectivity index (χ1v) is 7.78. The summed E-state index contributed by atoms with van der Waals surface area (Å²) in [7, 11) is 0. The van der Waals surface area contributed by atoms with Crippen LogP contribution in [-0.4, -0.2) is 41.6 Å². The minimum absolute atomic E-state index is 0.159. The molecule has 110 valence electrons. The molecule has 1 atom stereocenters. The maximum atomic E-state index is 11.7. The Morgan fingerprint density at radius 2 is 2.20 bits per heavy atom. The zero-order valence-corrected chi connectivity index (χ0v) is 12.3. The smallest absolute Gasteiger partial charge is 0.335 e. The van der Waals surface area contributed by atoms with Crippen LogP contribution in [-0.2, 0) is 11.2 Å². The number of benzene rings is 1. The van der Waals surface area contributed by atoms with Gasteiger partial charge in [0, 0.05) is 6.54 Å². The number of amides is 1. The van der Waals surface area contributed by atoms with E-state index in [0.29, 0.717) is 19.4 Å². The maximum absolute atomic E-state index is 11.7.